The molecule has 1 saturated heterocycles. The standard InChI is InChI=1S/C18H30N2O/c1-4-15-7-9-16(10-8-15)18(21)14-19-12-11-17(13-19)20(5-2)6-3/h7-10,17-18,21H,4-6,11-14H2,1-3H3. The quantitative estimate of drug-likeness (QED) is 0.836. The van der Waals surface area contributed by atoms with Crippen LogP contribution in [0.25, 0.3) is 0 Å². The number of benzene rings is 1. The zero-order chi connectivity index (χ0) is 15.2. The van der Waals surface area contributed by atoms with Gasteiger partial charge in [-0.1, -0.05) is 45.0 Å². The first kappa shape index (κ1) is 16.5. The summed E-state index contributed by atoms with van der Waals surface area (Å²) < 4.78 is 0. The lowest BCUT2D eigenvalue weighted by molar-refractivity contribution is 0.119. The molecule has 0 aromatic heterocycles. The smallest absolute Gasteiger partial charge is 0.0916 e. The van der Waals surface area contributed by atoms with Crippen LogP contribution in [0.2, 0.25) is 0 Å². The van der Waals surface area contributed by atoms with E-state index in [1.807, 2.05) is 0 Å². The summed E-state index contributed by atoms with van der Waals surface area (Å²) in [5.74, 6) is 0. The molecule has 0 aliphatic carbocycles. The van der Waals surface area contributed by atoms with Gasteiger partial charge in [0.05, 0.1) is 6.10 Å². The molecule has 1 aromatic rings. The van der Waals surface area contributed by atoms with Gasteiger partial charge in [-0.05, 0) is 43.6 Å². The van der Waals surface area contributed by atoms with Crippen molar-refractivity contribution in [3.63, 3.8) is 0 Å². The maximum absolute atomic E-state index is 10.4. The first-order chi connectivity index (χ1) is 10.2. The van der Waals surface area contributed by atoms with Crippen LogP contribution in [0.15, 0.2) is 24.3 Å². The van der Waals surface area contributed by atoms with E-state index >= 15 is 0 Å². The van der Waals surface area contributed by atoms with Crippen LogP contribution in [0.5, 0.6) is 0 Å². The van der Waals surface area contributed by atoms with Crippen LogP contribution in [-0.4, -0.2) is 53.7 Å². The predicted molar refractivity (Wildman–Crippen MR) is 88.5 cm³/mol. The van der Waals surface area contributed by atoms with Crippen LogP contribution in [0, 0.1) is 0 Å². The maximum Gasteiger partial charge on any atom is 0.0916 e. The fraction of sp³-hybridized carbons (Fsp3) is 0.667. The third kappa shape index (κ3) is 4.29. The van der Waals surface area contributed by atoms with E-state index in [1.54, 1.807) is 0 Å². The van der Waals surface area contributed by atoms with E-state index in [2.05, 4.69) is 54.8 Å². The average molecular weight is 290 g/mol. The molecule has 3 heteroatoms. The molecule has 2 rings (SSSR count). The molecule has 1 heterocycles. The lowest BCUT2D eigenvalue weighted by atomic mass is 10.1. The van der Waals surface area contributed by atoms with Gasteiger partial charge < -0.3 is 5.11 Å². The Hall–Kier alpha value is -0.900. The van der Waals surface area contributed by atoms with E-state index in [1.165, 1.54) is 12.0 Å². The number of hydrogen-bond donors (Lipinski definition) is 1. The molecular formula is C18H30N2O. The Kier molecular flexibility index (Phi) is 6.22. The zero-order valence-corrected chi connectivity index (χ0v) is 13.8. The molecule has 0 amide bonds. The minimum atomic E-state index is -0.369. The molecular weight excluding hydrogens is 260 g/mol. The van der Waals surface area contributed by atoms with Crippen molar-refractivity contribution in [2.45, 2.75) is 45.8 Å². The molecule has 3 nitrogen and oxygen atoms in total. The summed E-state index contributed by atoms with van der Waals surface area (Å²) in [6, 6.07) is 9.06. The normalized spacial score (nSPS) is 21.1. The lowest BCUT2D eigenvalue weighted by Crippen LogP contribution is -2.38. The second-order valence-corrected chi connectivity index (χ2v) is 6.03. The molecule has 2 atom stereocenters. The SMILES string of the molecule is CCc1ccc(C(O)CN2CCC(N(CC)CC)C2)cc1. The molecule has 1 N–H and O–H groups in total. The topological polar surface area (TPSA) is 26.7 Å². The van der Waals surface area contributed by atoms with Crippen LogP contribution >= 0.6 is 0 Å². The number of aliphatic hydroxyl groups excluding tert-OH is 1. The van der Waals surface area contributed by atoms with Crippen molar-refractivity contribution < 1.29 is 5.11 Å². The van der Waals surface area contributed by atoms with Crippen LogP contribution in [0.1, 0.15) is 44.4 Å². The Morgan fingerprint density at radius 1 is 1.19 bits per heavy atom. The number of likely N-dealkylation sites (tertiary alicyclic amines) is 1. The highest BCUT2D eigenvalue weighted by Crippen LogP contribution is 2.20. The number of hydrogen-bond acceptors (Lipinski definition) is 3. The van der Waals surface area contributed by atoms with Gasteiger partial charge in [-0.3, -0.25) is 9.80 Å². The fourth-order valence-electron chi connectivity index (χ4n) is 3.34. The highest BCUT2D eigenvalue weighted by Gasteiger charge is 2.27. The van der Waals surface area contributed by atoms with Gasteiger partial charge in [0.25, 0.3) is 0 Å². The van der Waals surface area contributed by atoms with E-state index in [0.717, 1.165) is 44.7 Å². The van der Waals surface area contributed by atoms with E-state index in [4.69, 9.17) is 0 Å². The van der Waals surface area contributed by atoms with E-state index in [-0.39, 0.29) is 6.10 Å². The van der Waals surface area contributed by atoms with Crippen molar-refractivity contribution in [3.05, 3.63) is 35.4 Å². The van der Waals surface area contributed by atoms with E-state index in [9.17, 15) is 5.11 Å². The Bertz CT molecular complexity index is 414. The summed E-state index contributed by atoms with van der Waals surface area (Å²) in [5.41, 5.74) is 2.37. The summed E-state index contributed by atoms with van der Waals surface area (Å²) >= 11 is 0. The van der Waals surface area contributed by atoms with Gasteiger partial charge in [0, 0.05) is 19.1 Å². The van der Waals surface area contributed by atoms with Crippen molar-refractivity contribution in [2.75, 3.05) is 32.7 Å². The highest BCUT2D eigenvalue weighted by atomic mass is 16.3. The Balaban J connectivity index is 1.87. The second-order valence-electron chi connectivity index (χ2n) is 6.03. The third-order valence-electron chi connectivity index (χ3n) is 4.78. The number of aliphatic hydroxyl groups is 1. The summed E-state index contributed by atoms with van der Waals surface area (Å²) in [7, 11) is 0. The predicted octanol–water partition coefficient (Wildman–Crippen LogP) is 2.70. The number of β-amino-alcohol motifs (C(OH)–C–C–N with tert-alkyl or cyclic N) is 1. The first-order valence-electron chi connectivity index (χ1n) is 8.41. The number of likely N-dealkylation sites (N-methyl/N-ethyl adjacent to an activating group) is 1. The lowest BCUT2D eigenvalue weighted by Gasteiger charge is -2.26. The van der Waals surface area contributed by atoms with Crippen molar-refractivity contribution in [2.24, 2.45) is 0 Å². The first-order valence-corrected chi connectivity index (χ1v) is 8.41. The van der Waals surface area contributed by atoms with Crippen molar-refractivity contribution >= 4 is 0 Å². The number of aryl methyl sites for hydroxylation is 1. The van der Waals surface area contributed by atoms with Crippen molar-refractivity contribution in [3.8, 4) is 0 Å². The molecule has 1 aliphatic rings. The Morgan fingerprint density at radius 2 is 1.86 bits per heavy atom. The van der Waals surface area contributed by atoms with E-state index in [0.29, 0.717) is 6.04 Å². The van der Waals surface area contributed by atoms with E-state index < -0.39 is 0 Å². The highest BCUT2D eigenvalue weighted by molar-refractivity contribution is 5.24. The summed E-state index contributed by atoms with van der Waals surface area (Å²) in [6.45, 7) is 11.8. The fourth-order valence-corrected chi connectivity index (χ4v) is 3.34. The Morgan fingerprint density at radius 3 is 2.43 bits per heavy atom. The van der Waals surface area contributed by atoms with Crippen molar-refractivity contribution in [1.29, 1.82) is 0 Å². The van der Waals surface area contributed by atoms with Gasteiger partial charge in [0.15, 0.2) is 0 Å². The molecule has 1 aliphatic heterocycles. The van der Waals surface area contributed by atoms with Gasteiger partial charge in [-0.25, -0.2) is 0 Å². The van der Waals surface area contributed by atoms with Gasteiger partial charge in [0.2, 0.25) is 0 Å². The van der Waals surface area contributed by atoms with Gasteiger partial charge in [-0.15, -0.1) is 0 Å². The largest absolute Gasteiger partial charge is 0.387 e. The summed E-state index contributed by atoms with van der Waals surface area (Å²) in [6.07, 6.45) is 1.91. The average Bonchev–Trinajstić information content (AvgIpc) is 2.97. The van der Waals surface area contributed by atoms with Crippen LogP contribution in [0.3, 0.4) is 0 Å². The van der Waals surface area contributed by atoms with Crippen molar-refractivity contribution in [1.82, 2.24) is 9.80 Å². The minimum Gasteiger partial charge on any atom is -0.387 e. The summed E-state index contributed by atoms with van der Waals surface area (Å²) in [4.78, 5) is 4.93. The third-order valence-corrected chi connectivity index (χ3v) is 4.78. The van der Waals surface area contributed by atoms with Crippen LogP contribution in [0.4, 0.5) is 0 Å². The molecule has 1 fully saturated rings. The van der Waals surface area contributed by atoms with Gasteiger partial charge >= 0.3 is 0 Å². The molecule has 0 saturated carbocycles. The van der Waals surface area contributed by atoms with Gasteiger partial charge in [0.1, 0.15) is 0 Å². The number of rotatable bonds is 7. The van der Waals surface area contributed by atoms with Gasteiger partial charge in [-0.2, -0.15) is 0 Å². The molecule has 2 unspecified atom stereocenters. The maximum atomic E-state index is 10.4. The monoisotopic (exact) mass is 290 g/mol. The molecule has 0 spiro atoms. The molecule has 1 aromatic carbocycles. The zero-order valence-electron chi connectivity index (χ0n) is 13.8. The second kappa shape index (κ2) is 7.92. The molecule has 21 heavy (non-hydrogen) atoms. The molecule has 0 radical (unpaired) electrons. The molecule has 118 valence electrons. The minimum absolute atomic E-state index is 0.369. The van der Waals surface area contributed by atoms with Crippen LogP contribution < -0.4 is 0 Å². The summed E-state index contributed by atoms with van der Waals surface area (Å²) in [5, 5.41) is 10.4. The van der Waals surface area contributed by atoms with Crippen LogP contribution in [-0.2, 0) is 6.42 Å². The Labute approximate surface area is 129 Å². The molecule has 0 bridgehead atoms. The number of nitrogens with zero attached hydrogens (tertiary/aromatic N) is 2.